The first-order valence-corrected chi connectivity index (χ1v) is 7.93. The minimum Gasteiger partial charge on any atom is -0.457 e. The molecule has 0 aromatic heterocycles. The zero-order chi connectivity index (χ0) is 18.0. The van der Waals surface area contributed by atoms with E-state index in [1.807, 2.05) is 13.0 Å². The summed E-state index contributed by atoms with van der Waals surface area (Å²) in [6.07, 6.45) is 5.46. The van der Waals surface area contributed by atoms with Crippen LogP contribution >= 0.6 is 0 Å². The largest absolute Gasteiger partial charge is 0.457 e. The molecule has 1 atom stereocenters. The van der Waals surface area contributed by atoms with Gasteiger partial charge < -0.3 is 15.8 Å². The maximum Gasteiger partial charge on any atom is 0.338 e. The molecule has 0 fully saturated rings. The SMILES string of the molecule is C#Cc1ccccc1C(=O)N[C@@H](CN)c1ccc2c(c1C)COC2=O. The van der Waals surface area contributed by atoms with Crippen molar-refractivity contribution in [2.45, 2.75) is 19.6 Å². The van der Waals surface area contributed by atoms with Crippen molar-refractivity contribution in [3.63, 3.8) is 0 Å². The lowest BCUT2D eigenvalue weighted by atomic mass is 9.94. The predicted octanol–water partition coefficient (Wildman–Crippen LogP) is 2.08. The van der Waals surface area contributed by atoms with E-state index in [1.54, 1.807) is 30.3 Å². The van der Waals surface area contributed by atoms with Crippen molar-refractivity contribution in [1.82, 2.24) is 5.32 Å². The van der Waals surface area contributed by atoms with Gasteiger partial charge in [-0.05, 0) is 36.2 Å². The molecule has 3 N–H and O–H groups in total. The summed E-state index contributed by atoms with van der Waals surface area (Å²) >= 11 is 0. The molecule has 25 heavy (non-hydrogen) atoms. The van der Waals surface area contributed by atoms with Gasteiger partial charge in [0.25, 0.3) is 5.91 Å². The van der Waals surface area contributed by atoms with Crippen molar-refractivity contribution in [1.29, 1.82) is 0 Å². The Morgan fingerprint density at radius 2 is 2.12 bits per heavy atom. The molecule has 1 aliphatic rings. The number of amides is 1. The summed E-state index contributed by atoms with van der Waals surface area (Å²) in [6, 6.07) is 10.1. The first-order valence-electron chi connectivity index (χ1n) is 7.93. The fourth-order valence-electron chi connectivity index (χ4n) is 3.05. The molecule has 0 aliphatic carbocycles. The van der Waals surface area contributed by atoms with E-state index in [-0.39, 0.29) is 31.1 Å². The highest BCUT2D eigenvalue weighted by Gasteiger charge is 2.26. The molecule has 126 valence electrons. The lowest BCUT2D eigenvalue weighted by molar-refractivity contribution is 0.0534. The van der Waals surface area contributed by atoms with Crippen LogP contribution in [-0.4, -0.2) is 18.4 Å². The number of hydrogen-bond acceptors (Lipinski definition) is 4. The molecule has 0 saturated carbocycles. The lowest BCUT2D eigenvalue weighted by Gasteiger charge is -2.21. The van der Waals surface area contributed by atoms with Crippen LogP contribution in [0.4, 0.5) is 0 Å². The summed E-state index contributed by atoms with van der Waals surface area (Å²) in [5.74, 6) is 1.91. The molecule has 0 bridgehead atoms. The van der Waals surface area contributed by atoms with Crippen LogP contribution in [0.1, 0.15) is 49.0 Å². The van der Waals surface area contributed by atoms with Gasteiger partial charge >= 0.3 is 5.97 Å². The summed E-state index contributed by atoms with van der Waals surface area (Å²) in [5, 5.41) is 2.93. The van der Waals surface area contributed by atoms with Gasteiger partial charge in [0.2, 0.25) is 0 Å². The highest BCUT2D eigenvalue weighted by Crippen LogP contribution is 2.29. The van der Waals surface area contributed by atoms with Crippen LogP contribution in [0.25, 0.3) is 0 Å². The number of benzene rings is 2. The standard InChI is InChI=1S/C20H18N2O3/c1-3-13-6-4-5-7-15(13)19(23)22-18(10-21)14-8-9-16-17(12(14)2)11-25-20(16)24/h1,4-9,18H,10-11,21H2,2H3,(H,22,23)/t18-/m0/s1. The van der Waals surface area contributed by atoms with Gasteiger partial charge in [-0.15, -0.1) is 6.42 Å². The third-order valence-corrected chi connectivity index (χ3v) is 4.45. The topological polar surface area (TPSA) is 81.4 Å². The Morgan fingerprint density at radius 1 is 1.36 bits per heavy atom. The molecule has 2 aromatic rings. The number of esters is 1. The summed E-state index contributed by atoms with van der Waals surface area (Å²) in [7, 11) is 0. The molecule has 5 nitrogen and oxygen atoms in total. The molecule has 0 unspecified atom stereocenters. The molecular formula is C20H18N2O3. The number of nitrogens with two attached hydrogens (primary N) is 1. The monoisotopic (exact) mass is 334 g/mol. The van der Waals surface area contributed by atoms with E-state index in [4.69, 9.17) is 16.9 Å². The minimum atomic E-state index is -0.390. The molecule has 0 saturated heterocycles. The van der Waals surface area contributed by atoms with Gasteiger partial charge in [-0.25, -0.2) is 4.79 Å². The zero-order valence-corrected chi connectivity index (χ0v) is 13.8. The van der Waals surface area contributed by atoms with Crippen molar-refractivity contribution in [3.8, 4) is 12.3 Å². The Morgan fingerprint density at radius 3 is 2.84 bits per heavy atom. The number of carbonyl (C=O) groups is 2. The van der Waals surface area contributed by atoms with Crippen molar-refractivity contribution < 1.29 is 14.3 Å². The number of rotatable bonds is 4. The minimum absolute atomic E-state index is 0.221. The molecule has 0 spiro atoms. The zero-order valence-electron chi connectivity index (χ0n) is 13.8. The van der Waals surface area contributed by atoms with Crippen LogP contribution in [0.15, 0.2) is 36.4 Å². The van der Waals surface area contributed by atoms with Gasteiger partial charge in [0.05, 0.1) is 17.2 Å². The quantitative estimate of drug-likeness (QED) is 0.662. The van der Waals surface area contributed by atoms with E-state index in [9.17, 15) is 9.59 Å². The van der Waals surface area contributed by atoms with E-state index < -0.39 is 0 Å². The predicted molar refractivity (Wildman–Crippen MR) is 93.9 cm³/mol. The van der Waals surface area contributed by atoms with E-state index >= 15 is 0 Å². The first kappa shape index (κ1) is 16.7. The van der Waals surface area contributed by atoms with Gasteiger partial charge in [0.15, 0.2) is 0 Å². The summed E-state index contributed by atoms with van der Waals surface area (Å²) in [5.41, 5.74) is 10.0. The Balaban J connectivity index is 1.90. The third kappa shape index (κ3) is 3.00. The first-order chi connectivity index (χ1) is 12.1. The van der Waals surface area contributed by atoms with E-state index in [0.717, 1.165) is 16.7 Å². The highest BCUT2D eigenvalue weighted by atomic mass is 16.5. The Hall–Kier alpha value is -3.10. The fraction of sp³-hybridized carbons (Fsp3) is 0.200. The Kier molecular flexibility index (Phi) is 4.55. The van der Waals surface area contributed by atoms with Crippen LogP contribution in [0.3, 0.4) is 0 Å². The maximum absolute atomic E-state index is 12.6. The van der Waals surface area contributed by atoms with Gasteiger partial charge in [-0.2, -0.15) is 0 Å². The Bertz CT molecular complexity index is 896. The van der Waals surface area contributed by atoms with Crippen molar-refractivity contribution in [2.24, 2.45) is 5.73 Å². The van der Waals surface area contributed by atoms with Crippen molar-refractivity contribution >= 4 is 11.9 Å². The smallest absolute Gasteiger partial charge is 0.338 e. The molecule has 1 amide bonds. The van der Waals surface area contributed by atoms with E-state index in [1.165, 1.54) is 0 Å². The molecule has 5 heteroatoms. The van der Waals surface area contributed by atoms with Crippen molar-refractivity contribution in [2.75, 3.05) is 6.54 Å². The van der Waals surface area contributed by atoms with Crippen LogP contribution in [0, 0.1) is 19.3 Å². The fourth-order valence-corrected chi connectivity index (χ4v) is 3.05. The number of ether oxygens (including phenoxy) is 1. The second kappa shape index (κ2) is 6.80. The second-order valence-electron chi connectivity index (χ2n) is 5.83. The number of terminal acetylenes is 1. The normalized spacial score (nSPS) is 13.6. The van der Waals surface area contributed by atoms with Crippen LogP contribution in [0.5, 0.6) is 0 Å². The molecule has 3 rings (SSSR count). The maximum atomic E-state index is 12.6. The molecular weight excluding hydrogens is 316 g/mol. The second-order valence-corrected chi connectivity index (χ2v) is 5.83. The Labute approximate surface area is 146 Å². The van der Waals surface area contributed by atoms with E-state index in [2.05, 4.69) is 11.2 Å². The molecule has 2 aromatic carbocycles. The average Bonchev–Trinajstić information content (AvgIpc) is 3.02. The van der Waals surface area contributed by atoms with Gasteiger partial charge in [-0.1, -0.05) is 24.1 Å². The number of hydrogen-bond donors (Lipinski definition) is 2. The third-order valence-electron chi connectivity index (χ3n) is 4.45. The molecule has 1 heterocycles. The van der Waals surface area contributed by atoms with Gasteiger partial charge in [-0.3, -0.25) is 4.79 Å². The van der Waals surface area contributed by atoms with Crippen LogP contribution in [-0.2, 0) is 11.3 Å². The highest BCUT2D eigenvalue weighted by molar-refractivity contribution is 5.97. The summed E-state index contributed by atoms with van der Waals surface area (Å²) in [4.78, 5) is 24.3. The van der Waals surface area contributed by atoms with Crippen LogP contribution in [0.2, 0.25) is 0 Å². The van der Waals surface area contributed by atoms with E-state index in [0.29, 0.717) is 16.7 Å². The number of nitrogens with one attached hydrogen (secondary N) is 1. The van der Waals surface area contributed by atoms with Crippen LogP contribution < -0.4 is 11.1 Å². The van der Waals surface area contributed by atoms with Gasteiger partial charge in [0, 0.05) is 17.7 Å². The number of cyclic esters (lactones) is 1. The molecule has 0 radical (unpaired) electrons. The average molecular weight is 334 g/mol. The van der Waals surface area contributed by atoms with Gasteiger partial charge in [0.1, 0.15) is 6.61 Å². The number of carbonyl (C=O) groups excluding carboxylic acids is 2. The lowest BCUT2D eigenvalue weighted by Crippen LogP contribution is -2.34. The summed E-state index contributed by atoms with van der Waals surface area (Å²) in [6.45, 7) is 2.37. The molecule has 1 aliphatic heterocycles. The number of fused-ring (bicyclic) bond motifs is 1. The summed E-state index contributed by atoms with van der Waals surface area (Å²) < 4.78 is 5.07. The van der Waals surface area contributed by atoms with Crippen molar-refractivity contribution in [3.05, 3.63) is 69.8 Å².